The normalized spacial score (nSPS) is 36.1. The molecule has 0 unspecified atom stereocenters. The average Bonchev–Trinajstić information content (AvgIpc) is 3.37. The first kappa shape index (κ1) is 30.8. The summed E-state index contributed by atoms with van der Waals surface area (Å²) in [6, 6.07) is 5.05. The molecule has 2 aliphatic heterocycles. The predicted octanol–water partition coefficient (Wildman–Crippen LogP) is 2.66. The van der Waals surface area contributed by atoms with E-state index >= 15 is 0 Å². The van der Waals surface area contributed by atoms with E-state index in [0.29, 0.717) is 28.9 Å². The van der Waals surface area contributed by atoms with E-state index in [1.165, 1.54) is 6.42 Å². The average molecular weight is 573 g/mol. The van der Waals surface area contributed by atoms with E-state index in [2.05, 4.69) is 26.1 Å². The highest BCUT2D eigenvalue weighted by Crippen LogP contribution is 2.61. The summed E-state index contributed by atoms with van der Waals surface area (Å²) < 4.78 is 18.5. The van der Waals surface area contributed by atoms with Gasteiger partial charge in [0.05, 0.1) is 37.6 Å². The van der Waals surface area contributed by atoms with Crippen LogP contribution in [0.15, 0.2) is 18.2 Å². The lowest BCUT2D eigenvalue weighted by molar-refractivity contribution is -0.183. The second kappa shape index (κ2) is 10.8. The number of rotatable bonds is 8. The molecule has 5 aliphatic rings. The van der Waals surface area contributed by atoms with Gasteiger partial charge in [-0.15, -0.1) is 0 Å². The van der Waals surface area contributed by atoms with Gasteiger partial charge in [0.15, 0.2) is 0 Å². The zero-order valence-corrected chi connectivity index (χ0v) is 26.1. The number of benzene rings is 1. The third-order valence-corrected chi connectivity index (χ3v) is 11.2. The molecule has 0 spiro atoms. The Morgan fingerprint density at radius 3 is 2.37 bits per heavy atom. The van der Waals surface area contributed by atoms with Crippen LogP contribution in [0.2, 0.25) is 0 Å². The first-order valence-corrected chi connectivity index (χ1v) is 15.2. The zero-order valence-electron chi connectivity index (χ0n) is 26.1. The van der Waals surface area contributed by atoms with Crippen molar-refractivity contribution in [3.05, 3.63) is 23.8 Å². The van der Waals surface area contributed by atoms with Crippen LogP contribution in [0, 0.1) is 29.1 Å². The Morgan fingerprint density at radius 2 is 1.83 bits per heavy atom. The number of carbonyl (C=O) groups excluding carboxylic acids is 1. The minimum absolute atomic E-state index is 0.0742. The number of carbonyl (C=O) groups is 1. The topological polar surface area (TPSA) is 110 Å². The maximum absolute atomic E-state index is 14.0. The minimum atomic E-state index is -0.859. The van der Waals surface area contributed by atoms with Crippen LogP contribution < -0.4 is 15.5 Å². The first-order valence-electron chi connectivity index (χ1n) is 15.2. The molecule has 6 rings (SSSR count). The molecule has 0 aromatic heterocycles. The summed E-state index contributed by atoms with van der Waals surface area (Å²) in [7, 11) is 0.988. The summed E-state index contributed by atoms with van der Waals surface area (Å²) in [6.07, 6.45) is 0.610. The highest BCUT2D eigenvalue weighted by molar-refractivity contribution is 6.63. The summed E-state index contributed by atoms with van der Waals surface area (Å²) in [4.78, 5) is 20.2. The van der Waals surface area contributed by atoms with Crippen LogP contribution in [0.1, 0.15) is 73.8 Å². The maximum Gasteiger partial charge on any atom is 0.498 e. The molecule has 41 heavy (non-hydrogen) atoms. The van der Waals surface area contributed by atoms with E-state index in [1.807, 2.05) is 45.9 Å². The Balaban J connectivity index is 1.40. The Hall–Kier alpha value is -1.69. The third-order valence-electron chi connectivity index (χ3n) is 11.2. The fourth-order valence-electron chi connectivity index (χ4n) is 7.79. The van der Waals surface area contributed by atoms with Gasteiger partial charge in [0.25, 0.3) is 0 Å². The van der Waals surface area contributed by atoms with Crippen LogP contribution in [0.3, 0.4) is 0 Å². The number of para-hydroxylation sites is 1. The van der Waals surface area contributed by atoms with Crippen LogP contribution in [-0.2, 0) is 25.5 Å². The molecule has 228 valence electrons. The highest BCUT2D eigenvalue weighted by Gasteiger charge is 2.58. The number of hydrogen-bond donors (Lipinski definition) is 3. The SMILES string of the molecule is COc1c(CN2O[C@@H](CO)[C@@H]([C@H](C)O)[C@H]2C(=O)N[C@H]2C[C@H]3C[C@@H]([C@@H]2C)C3(C)C)cccc1B1OC(C)(C)C(C)(C)O1. The number of aliphatic hydroxyl groups excluding tert-OH is 2. The molecule has 5 fully saturated rings. The number of aliphatic hydroxyl groups is 2. The Bertz CT molecular complexity index is 1130. The van der Waals surface area contributed by atoms with E-state index < -0.39 is 42.5 Å². The molecule has 2 bridgehead atoms. The van der Waals surface area contributed by atoms with Gasteiger partial charge in [0.2, 0.25) is 5.91 Å². The van der Waals surface area contributed by atoms with E-state index in [9.17, 15) is 15.0 Å². The van der Waals surface area contributed by atoms with Crippen LogP contribution in [0.25, 0.3) is 0 Å². The smallest absolute Gasteiger partial charge is 0.497 e. The largest absolute Gasteiger partial charge is 0.498 e. The molecule has 2 saturated heterocycles. The molecule has 3 aliphatic carbocycles. The summed E-state index contributed by atoms with van der Waals surface area (Å²) in [5, 5.41) is 25.9. The van der Waals surface area contributed by atoms with Crippen molar-refractivity contribution in [3.63, 3.8) is 0 Å². The molecular formula is C31H49BN2O7. The number of hydroxylamine groups is 2. The first-order chi connectivity index (χ1) is 19.1. The lowest BCUT2D eigenvalue weighted by atomic mass is 9.45. The number of ether oxygens (including phenoxy) is 1. The van der Waals surface area contributed by atoms with E-state index in [0.717, 1.165) is 17.4 Å². The van der Waals surface area contributed by atoms with Crippen molar-refractivity contribution in [2.75, 3.05) is 13.7 Å². The van der Waals surface area contributed by atoms with Gasteiger partial charge in [-0.05, 0) is 70.6 Å². The van der Waals surface area contributed by atoms with Gasteiger partial charge in [-0.2, -0.15) is 5.06 Å². The van der Waals surface area contributed by atoms with Crippen molar-refractivity contribution in [1.82, 2.24) is 10.4 Å². The molecule has 3 saturated carbocycles. The lowest BCUT2D eigenvalue weighted by Crippen LogP contribution is -2.62. The Kier molecular flexibility index (Phi) is 8.10. The monoisotopic (exact) mass is 572 g/mol. The second-order valence-corrected chi connectivity index (χ2v) is 14.4. The molecule has 3 N–H and O–H groups in total. The number of nitrogens with zero attached hydrogens (tertiary/aromatic N) is 1. The Morgan fingerprint density at radius 1 is 1.17 bits per heavy atom. The maximum atomic E-state index is 14.0. The number of hydrogen-bond acceptors (Lipinski definition) is 8. The van der Waals surface area contributed by atoms with Crippen molar-refractivity contribution in [2.45, 2.75) is 110 Å². The van der Waals surface area contributed by atoms with Crippen LogP contribution in [0.5, 0.6) is 5.75 Å². The zero-order chi connectivity index (χ0) is 30.1. The van der Waals surface area contributed by atoms with Crippen molar-refractivity contribution in [2.24, 2.45) is 29.1 Å². The minimum Gasteiger partial charge on any atom is -0.497 e. The quantitative estimate of drug-likeness (QED) is 0.408. The van der Waals surface area contributed by atoms with Gasteiger partial charge >= 0.3 is 7.12 Å². The van der Waals surface area contributed by atoms with Crippen LogP contribution >= 0.6 is 0 Å². The molecule has 8 atom stereocenters. The predicted molar refractivity (Wildman–Crippen MR) is 156 cm³/mol. The van der Waals surface area contributed by atoms with E-state index in [1.54, 1.807) is 19.1 Å². The number of amides is 1. The third kappa shape index (κ3) is 5.12. The summed E-state index contributed by atoms with van der Waals surface area (Å²) >= 11 is 0. The van der Waals surface area contributed by atoms with Gasteiger partial charge < -0.3 is 29.6 Å². The molecule has 1 aromatic carbocycles. The number of fused-ring (bicyclic) bond motifs is 2. The molecule has 2 heterocycles. The summed E-state index contributed by atoms with van der Waals surface area (Å²) in [5.74, 6) is 1.38. The van der Waals surface area contributed by atoms with Gasteiger partial charge in [-0.1, -0.05) is 39.0 Å². The fourth-order valence-corrected chi connectivity index (χ4v) is 7.79. The van der Waals surface area contributed by atoms with E-state index in [-0.39, 0.29) is 25.1 Å². The second-order valence-electron chi connectivity index (χ2n) is 14.4. The fraction of sp³-hybridized carbons (Fsp3) is 0.774. The van der Waals surface area contributed by atoms with Gasteiger partial charge in [-0.25, -0.2) is 0 Å². The number of nitrogens with one attached hydrogen (secondary N) is 1. The van der Waals surface area contributed by atoms with Crippen molar-refractivity contribution >= 4 is 18.5 Å². The van der Waals surface area contributed by atoms with Gasteiger partial charge in [0.1, 0.15) is 17.9 Å². The van der Waals surface area contributed by atoms with Crippen molar-refractivity contribution in [1.29, 1.82) is 0 Å². The molecular weight excluding hydrogens is 523 g/mol. The molecule has 1 aromatic rings. The van der Waals surface area contributed by atoms with Gasteiger partial charge in [0, 0.05) is 23.0 Å². The van der Waals surface area contributed by atoms with Crippen LogP contribution in [-0.4, -0.2) is 77.5 Å². The van der Waals surface area contributed by atoms with E-state index in [4.69, 9.17) is 18.9 Å². The molecule has 9 nitrogen and oxygen atoms in total. The lowest BCUT2D eigenvalue weighted by Gasteiger charge is -2.62. The number of methoxy groups -OCH3 is 1. The standard InChI is InChI=1S/C31H49BN2O7/c1-17-21-13-20(29(21,3)4)14-23(17)33-28(37)26-25(18(2)36)24(16-35)39-34(26)15-19-11-10-12-22(27(19)38-9)32-40-30(5,6)31(7,8)41-32/h10-12,17-18,20-21,23-26,35-36H,13-16H2,1-9H3,(H,33,37)/t17-,18-,20+,21-,23-,24-,25+,26-/m0/s1. The van der Waals surface area contributed by atoms with Crippen molar-refractivity contribution in [3.8, 4) is 5.75 Å². The highest BCUT2D eigenvalue weighted by atomic mass is 16.7. The van der Waals surface area contributed by atoms with Crippen molar-refractivity contribution < 1.29 is 33.9 Å². The summed E-state index contributed by atoms with van der Waals surface area (Å²) in [5.41, 5.74) is 0.837. The van der Waals surface area contributed by atoms with Crippen LogP contribution in [0.4, 0.5) is 0 Å². The Labute approximate surface area is 245 Å². The molecule has 0 radical (unpaired) electrons. The molecule has 10 heteroatoms. The summed E-state index contributed by atoms with van der Waals surface area (Å²) in [6.45, 7) is 16.5. The molecule has 1 amide bonds. The van der Waals surface area contributed by atoms with Gasteiger partial charge in [-0.3, -0.25) is 9.63 Å².